The third kappa shape index (κ3) is 3.41. The van der Waals surface area contributed by atoms with E-state index in [0.717, 1.165) is 17.1 Å². The van der Waals surface area contributed by atoms with Gasteiger partial charge >= 0.3 is 0 Å². The number of aromatic nitrogens is 1. The minimum atomic E-state index is -3.54. The molecule has 0 saturated carbocycles. The Morgan fingerprint density at radius 1 is 1.53 bits per heavy atom. The Hall–Kier alpha value is -1.22. The molecule has 0 atom stereocenters. The summed E-state index contributed by atoms with van der Waals surface area (Å²) in [4.78, 5) is 5.04. The molecule has 0 aliphatic carbocycles. The minimum absolute atomic E-state index is 0.0378. The summed E-state index contributed by atoms with van der Waals surface area (Å²) < 4.78 is 31.8. The maximum Gasteiger partial charge on any atom is 0.241 e. The maximum atomic E-state index is 12.0. The van der Waals surface area contributed by atoms with Crippen molar-refractivity contribution in [1.82, 2.24) is 9.71 Å². The van der Waals surface area contributed by atoms with E-state index in [4.69, 9.17) is 10.2 Å². The zero-order valence-corrected chi connectivity index (χ0v) is 12.1. The number of nitrogens with zero attached hydrogens (tertiary/aromatic N) is 1. The molecular weight excluding hydrogens is 286 g/mol. The van der Waals surface area contributed by atoms with Crippen molar-refractivity contribution in [3.63, 3.8) is 0 Å². The number of hydrogen-bond acceptors (Lipinski definition) is 6. The highest BCUT2D eigenvalue weighted by molar-refractivity contribution is 7.89. The van der Waals surface area contributed by atoms with Crippen molar-refractivity contribution in [3.8, 4) is 0 Å². The third-order valence-corrected chi connectivity index (χ3v) is 4.99. The average molecular weight is 301 g/mol. The summed E-state index contributed by atoms with van der Waals surface area (Å²) in [5.74, 6) is 1.09. The van der Waals surface area contributed by atoms with Crippen LogP contribution in [0.5, 0.6) is 0 Å². The van der Waals surface area contributed by atoms with Gasteiger partial charge in [0.1, 0.15) is 5.76 Å². The lowest BCUT2D eigenvalue weighted by Gasteiger charge is -2.01. The number of nitrogens with two attached hydrogens (primary N) is 1. The molecule has 2 heterocycles. The maximum absolute atomic E-state index is 12.0. The van der Waals surface area contributed by atoms with Crippen LogP contribution < -0.4 is 10.5 Å². The van der Waals surface area contributed by atoms with Crippen LogP contribution in [0.4, 0.5) is 0 Å². The van der Waals surface area contributed by atoms with Crippen molar-refractivity contribution in [3.05, 3.63) is 34.2 Å². The molecule has 0 radical (unpaired) electrons. The van der Waals surface area contributed by atoms with Gasteiger partial charge in [0.25, 0.3) is 0 Å². The minimum Gasteiger partial charge on any atom is -0.444 e. The fourth-order valence-corrected chi connectivity index (χ4v) is 3.57. The van der Waals surface area contributed by atoms with Crippen molar-refractivity contribution >= 4 is 21.4 Å². The quantitative estimate of drug-likeness (QED) is 0.836. The van der Waals surface area contributed by atoms with Crippen LogP contribution in [-0.2, 0) is 29.5 Å². The Morgan fingerprint density at radius 2 is 2.32 bits per heavy atom. The lowest BCUT2D eigenvalue weighted by atomic mass is 10.4. The van der Waals surface area contributed by atoms with Gasteiger partial charge < -0.3 is 10.2 Å². The molecule has 0 unspecified atom stereocenters. The van der Waals surface area contributed by atoms with Gasteiger partial charge in [-0.15, -0.1) is 11.3 Å². The van der Waals surface area contributed by atoms with Crippen LogP contribution in [0.1, 0.15) is 23.5 Å². The van der Waals surface area contributed by atoms with Crippen LogP contribution in [0.15, 0.2) is 27.0 Å². The van der Waals surface area contributed by atoms with E-state index < -0.39 is 10.0 Å². The van der Waals surface area contributed by atoms with Crippen LogP contribution >= 0.6 is 11.3 Å². The summed E-state index contributed by atoms with van der Waals surface area (Å²) in [6, 6.07) is 1.57. The molecule has 0 fully saturated rings. The zero-order valence-electron chi connectivity index (χ0n) is 10.4. The molecule has 2 rings (SSSR count). The zero-order chi connectivity index (χ0) is 13.9. The second kappa shape index (κ2) is 5.83. The molecule has 8 heteroatoms. The molecule has 6 nitrogen and oxygen atoms in total. The van der Waals surface area contributed by atoms with E-state index in [-0.39, 0.29) is 11.4 Å². The Balaban J connectivity index is 2.05. The van der Waals surface area contributed by atoms with Crippen molar-refractivity contribution in [2.24, 2.45) is 5.73 Å². The van der Waals surface area contributed by atoms with E-state index in [0.29, 0.717) is 12.4 Å². The number of nitrogens with one attached hydrogen (secondary N) is 1. The van der Waals surface area contributed by atoms with Gasteiger partial charge in [0.15, 0.2) is 0 Å². The smallest absolute Gasteiger partial charge is 0.241 e. The second-order valence-electron chi connectivity index (χ2n) is 3.85. The van der Waals surface area contributed by atoms with Gasteiger partial charge in [-0.25, -0.2) is 18.1 Å². The number of rotatable bonds is 6. The van der Waals surface area contributed by atoms with Crippen molar-refractivity contribution in [2.75, 3.05) is 0 Å². The molecule has 0 aliphatic heterocycles. The Labute approximate surface area is 115 Å². The van der Waals surface area contributed by atoms with E-state index in [2.05, 4.69) is 9.71 Å². The number of oxazole rings is 1. The standard InChI is InChI=1S/C11H15N3O3S2/c1-2-8-5-13-11(17-8)6-14-19(15,16)10-3-9(4-12)18-7-10/h3,5,7,14H,2,4,6,12H2,1H3. The first-order chi connectivity index (χ1) is 9.05. The Kier molecular flexibility index (Phi) is 4.35. The van der Waals surface area contributed by atoms with E-state index in [9.17, 15) is 8.42 Å². The van der Waals surface area contributed by atoms with Crippen molar-refractivity contribution in [2.45, 2.75) is 31.3 Å². The van der Waals surface area contributed by atoms with Gasteiger partial charge in [0.05, 0.1) is 17.6 Å². The Morgan fingerprint density at radius 3 is 2.89 bits per heavy atom. The first kappa shape index (κ1) is 14.2. The topological polar surface area (TPSA) is 98.2 Å². The molecule has 0 bridgehead atoms. The predicted molar refractivity (Wildman–Crippen MR) is 72.1 cm³/mol. The monoisotopic (exact) mass is 301 g/mol. The fraction of sp³-hybridized carbons (Fsp3) is 0.364. The predicted octanol–water partition coefficient (Wildman–Crippen LogP) is 1.24. The number of aryl methyl sites for hydroxylation is 1. The molecule has 3 N–H and O–H groups in total. The molecule has 0 aromatic carbocycles. The van der Waals surface area contributed by atoms with Crippen LogP contribution in [-0.4, -0.2) is 13.4 Å². The second-order valence-corrected chi connectivity index (χ2v) is 6.61. The van der Waals surface area contributed by atoms with Crippen LogP contribution in [0, 0.1) is 0 Å². The molecule has 2 aromatic rings. The molecule has 0 spiro atoms. The molecule has 0 amide bonds. The van der Waals surface area contributed by atoms with Gasteiger partial charge in [0, 0.05) is 23.2 Å². The summed E-state index contributed by atoms with van der Waals surface area (Å²) in [6.45, 7) is 2.31. The number of hydrogen-bond donors (Lipinski definition) is 2. The van der Waals surface area contributed by atoms with E-state index >= 15 is 0 Å². The third-order valence-electron chi connectivity index (χ3n) is 2.50. The molecule has 19 heavy (non-hydrogen) atoms. The summed E-state index contributed by atoms with van der Waals surface area (Å²) in [5.41, 5.74) is 5.46. The van der Waals surface area contributed by atoms with E-state index in [1.165, 1.54) is 11.3 Å². The first-order valence-electron chi connectivity index (χ1n) is 5.76. The lowest BCUT2D eigenvalue weighted by molar-refractivity contribution is 0.452. The average Bonchev–Trinajstić information content (AvgIpc) is 3.05. The molecular formula is C11H15N3O3S2. The van der Waals surface area contributed by atoms with Crippen LogP contribution in [0.3, 0.4) is 0 Å². The number of thiophene rings is 1. The SMILES string of the molecule is CCc1cnc(CNS(=O)(=O)c2csc(CN)c2)o1. The molecule has 0 aliphatic rings. The number of sulfonamides is 1. The lowest BCUT2D eigenvalue weighted by Crippen LogP contribution is -2.22. The summed E-state index contributed by atoms with van der Waals surface area (Å²) in [7, 11) is -3.54. The fourth-order valence-electron chi connectivity index (χ4n) is 1.44. The summed E-state index contributed by atoms with van der Waals surface area (Å²) >= 11 is 1.32. The molecule has 104 valence electrons. The van der Waals surface area contributed by atoms with E-state index in [1.807, 2.05) is 6.92 Å². The van der Waals surface area contributed by atoms with Gasteiger partial charge in [-0.05, 0) is 6.07 Å². The largest absolute Gasteiger partial charge is 0.444 e. The first-order valence-corrected chi connectivity index (χ1v) is 8.12. The Bertz CT molecular complexity index is 646. The van der Waals surface area contributed by atoms with Crippen LogP contribution in [0.2, 0.25) is 0 Å². The van der Waals surface area contributed by atoms with Gasteiger partial charge in [-0.1, -0.05) is 6.92 Å². The van der Waals surface area contributed by atoms with Crippen LogP contribution in [0.25, 0.3) is 0 Å². The van der Waals surface area contributed by atoms with E-state index in [1.54, 1.807) is 17.6 Å². The van der Waals surface area contributed by atoms with Gasteiger partial charge in [-0.3, -0.25) is 0 Å². The highest BCUT2D eigenvalue weighted by atomic mass is 32.2. The normalized spacial score (nSPS) is 11.9. The molecule has 2 aromatic heterocycles. The van der Waals surface area contributed by atoms with Gasteiger partial charge in [-0.2, -0.15) is 0 Å². The van der Waals surface area contributed by atoms with Crippen molar-refractivity contribution in [1.29, 1.82) is 0 Å². The summed E-state index contributed by atoms with van der Waals surface area (Å²) in [5, 5.41) is 1.57. The van der Waals surface area contributed by atoms with Gasteiger partial charge in [0.2, 0.25) is 15.9 Å². The highest BCUT2D eigenvalue weighted by Crippen LogP contribution is 2.18. The summed E-state index contributed by atoms with van der Waals surface area (Å²) in [6.07, 6.45) is 2.32. The highest BCUT2D eigenvalue weighted by Gasteiger charge is 2.16. The molecule has 0 saturated heterocycles. The van der Waals surface area contributed by atoms with Crippen molar-refractivity contribution < 1.29 is 12.8 Å².